The van der Waals surface area contributed by atoms with E-state index in [9.17, 15) is 9.59 Å². The van der Waals surface area contributed by atoms with Gasteiger partial charge in [0.25, 0.3) is 0 Å². The van der Waals surface area contributed by atoms with Gasteiger partial charge < -0.3 is 36.1 Å². The maximum Gasteiger partial charge on any atom is 0.249 e. The summed E-state index contributed by atoms with van der Waals surface area (Å²) in [5, 5.41) is 1.74. The molecule has 2 saturated heterocycles. The van der Waals surface area contributed by atoms with Crippen LogP contribution in [0.4, 0.5) is 11.4 Å². The molecule has 0 unspecified atom stereocenters. The van der Waals surface area contributed by atoms with Gasteiger partial charge in [0.2, 0.25) is 11.8 Å². The highest BCUT2D eigenvalue weighted by atomic mass is 16.1. The molecule has 2 amide bonds. The summed E-state index contributed by atoms with van der Waals surface area (Å²) in [5.74, 6) is -0.804. The minimum absolute atomic E-state index is 0.400. The van der Waals surface area contributed by atoms with E-state index >= 15 is 0 Å². The predicted molar refractivity (Wildman–Crippen MR) is 237 cm³/mol. The lowest BCUT2D eigenvalue weighted by Gasteiger charge is -2.24. The molecule has 0 spiro atoms. The van der Waals surface area contributed by atoms with Crippen molar-refractivity contribution in [3.63, 3.8) is 0 Å². The van der Waals surface area contributed by atoms with Crippen molar-refractivity contribution < 1.29 is 9.59 Å². The second kappa shape index (κ2) is 17.4. The van der Waals surface area contributed by atoms with Crippen LogP contribution in [0.25, 0.3) is 44.3 Å². The fourth-order valence-electron chi connectivity index (χ4n) is 8.29. The van der Waals surface area contributed by atoms with Gasteiger partial charge in [-0.05, 0) is 104 Å². The van der Waals surface area contributed by atoms with Crippen molar-refractivity contribution in [1.82, 2.24) is 19.8 Å². The van der Waals surface area contributed by atoms with E-state index in [1.165, 1.54) is 23.4 Å². The Bertz CT molecular complexity index is 2490. The normalized spacial score (nSPS) is 15.5. The first-order valence-electron chi connectivity index (χ1n) is 20.3. The third kappa shape index (κ3) is 8.78. The zero-order chi connectivity index (χ0) is 40.0. The number of rotatable bonds is 8. The van der Waals surface area contributed by atoms with Gasteiger partial charge in [0.05, 0.1) is 0 Å². The smallest absolute Gasteiger partial charge is 0.249 e. The molecule has 2 aromatic heterocycles. The van der Waals surface area contributed by atoms with Crippen molar-refractivity contribution in [3.8, 4) is 22.5 Å². The number of H-pyrrole nitrogens is 2. The molecule has 9 rings (SSSR count). The largest absolute Gasteiger partial charge is 0.370 e. The number of amides is 2. The maximum atomic E-state index is 11.7. The number of primary amides is 2. The summed E-state index contributed by atoms with van der Waals surface area (Å²) in [7, 11) is 2.18. The number of aromatic nitrogens is 2. The van der Waals surface area contributed by atoms with Crippen LogP contribution in [0.5, 0.6) is 0 Å². The molecule has 6 N–H and O–H groups in total. The number of benzene rings is 5. The number of likely N-dealkylation sites (N-methyl/N-ethyl adjacent to an activating group) is 1. The van der Waals surface area contributed by atoms with Crippen LogP contribution in [0.3, 0.4) is 0 Å². The summed E-state index contributed by atoms with van der Waals surface area (Å²) in [6, 6.07) is 43.2. The quantitative estimate of drug-likeness (QED) is 0.125. The lowest BCUT2D eigenvalue weighted by molar-refractivity contribution is 0.0993. The molecule has 4 heterocycles. The molecular formula is C48H52N8O2. The summed E-state index contributed by atoms with van der Waals surface area (Å²) in [6.07, 6.45) is 2.35. The summed E-state index contributed by atoms with van der Waals surface area (Å²) >= 11 is 0. The Labute approximate surface area is 340 Å². The maximum absolute atomic E-state index is 11.7. The monoisotopic (exact) mass is 772 g/mol. The summed E-state index contributed by atoms with van der Waals surface area (Å²) in [6.45, 7) is 9.71. The number of nitrogens with one attached hydrogen (secondary N) is 2. The molecule has 10 nitrogen and oxygen atoms in total. The molecule has 0 radical (unpaired) electrons. The second-order valence-electron chi connectivity index (χ2n) is 15.5. The molecule has 2 aliphatic rings. The molecule has 10 heteroatoms. The minimum Gasteiger partial charge on any atom is -0.370 e. The van der Waals surface area contributed by atoms with Crippen LogP contribution in [-0.4, -0.2) is 91.0 Å². The van der Waals surface area contributed by atoms with Gasteiger partial charge in [0, 0.05) is 108 Å². The van der Waals surface area contributed by atoms with E-state index in [0.29, 0.717) is 11.1 Å². The molecule has 0 bridgehead atoms. The van der Waals surface area contributed by atoms with Crippen LogP contribution in [0.15, 0.2) is 127 Å². The number of hydrogen-bond donors (Lipinski definition) is 4. The number of anilines is 2. The van der Waals surface area contributed by atoms with Gasteiger partial charge in [0.1, 0.15) is 0 Å². The van der Waals surface area contributed by atoms with Crippen molar-refractivity contribution >= 4 is 45.0 Å². The number of hydrogen-bond acceptors (Lipinski definition) is 6. The molecule has 296 valence electrons. The molecular weight excluding hydrogens is 721 g/mol. The highest BCUT2D eigenvalue weighted by molar-refractivity contribution is 6.07. The third-order valence-corrected chi connectivity index (χ3v) is 11.5. The number of fused-ring (bicyclic) bond motifs is 2. The fraction of sp³-hybridized carbons (Fsp3) is 0.250. The highest BCUT2D eigenvalue weighted by Crippen LogP contribution is 2.30. The van der Waals surface area contributed by atoms with Crippen LogP contribution in [0.2, 0.25) is 0 Å². The van der Waals surface area contributed by atoms with E-state index in [4.69, 9.17) is 11.5 Å². The van der Waals surface area contributed by atoms with Crippen LogP contribution < -0.4 is 21.3 Å². The molecule has 0 aliphatic carbocycles. The fourth-order valence-corrected chi connectivity index (χ4v) is 8.29. The van der Waals surface area contributed by atoms with Crippen molar-refractivity contribution in [3.05, 3.63) is 144 Å². The second-order valence-corrected chi connectivity index (χ2v) is 15.5. The van der Waals surface area contributed by atoms with E-state index in [-0.39, 0.29) is 0 Å². The van der Waals surface area contributed by atoms with Gasteiger partial charge in [-0.25, -0.2) is 0 Å². The lowest BCUT2D eigenvalue weighted by Crippen LogP contribution is -2.30. The van der Waals surface area contributed by atoms with Gasteiger partial charge >= 0.3 is 0 Å². The Hall–Kier alpha value is -6.36. The zero-order valence-corrected chi connectivity index (χ0v) is 33.2. The number of nitrogens with two attached hydrogens (primary N) is 2. The minimum atomic E-state index is -0.404. The Kier molecular flexibility index (Phi) is 11.6. The standard InChI is InChI=1S/C27H28N4O.C21H24N4O/c28-27(32)23-8-4-9-25-24(23)18-26(29-25)21-10-12-22(13-11-21)31-15-5-14-30(16-17-31)19-20-6-2-1-3-7-20;1-24-10-3-11-25(13-12-24)16-8-6-15(7-9-16)20-14-18-17(21(22)26)4-2-5-19(18)23-20/h1-4,6-13,18,29H,5,14-17,19H2,(H2,28,32);2,4-9,14,23H,3,10-13H2,1H3,(H2,22,26). The van der Waals surface area contributed by atoms with Crippen molar-refractivity contribution in [2.75, 3.05) is 69.2 Å². The molecule has 0 atom stereocenters. The lowest BCUT2D eigenvalue weighted by atomic mass is 10.1. The Morgan fingerprint density at radius 1 is 0.534 bits per heavy atom. The highest BCUT2D eigenvalue weighted by Gasteiger charge is 2.17. The van der Waals surface area contributed by atoms with Crippen molar-refractivity contribution in [1.29, 1.82) is 0 Å². The van der Waals surface area contributed by atoms with Crippen molar-refractivity contribution in [2.24, 2.45) is 11.5 Å². The predicted octanol–water partition coefficient (Wildman–Crippen LogP) is 7.72. The average molecular weight is 773 g/mol. The Morgan fingerprint density at radius 2 is 1.03 bits per heavy atom. The van der Waals surface area contributed by atoms with Crippen LogP contribution in [0.1, 0.15) is 39.1 Å². The molecule has 7 aromatic rings. The van der Waals surface area contributed by atoms with Crippen LogP contribution in [0, 0.1) is 0 Å². The van der Waals surface area contributed by atoms with E-state index in [1.54, 1.807) is 12.1 Å². The van der Waals surface area contributed by atoms with E-state index < -0.39 is 11.8 Å². The molecule has 2 aliphatic heterocycles. The Morgan fingerprint density at radius 3 is 1.55 bits per heavy atom. The van der Waals surface area contributed by atoms with E-state index in [0.717, 1.165) is 110 Å². The summed E-state index contributed by atoms with van der Waals surface area (Å²) < 4.78 is 0. The van der Waals surface area contributed by atoms with Crippen LogP contribution >= 0.6 is 0 Å². The van der Waals surface area contributed by atoms with E-state index in [1.807, 2.05) is 36.4 Å². The number of aromatic amines is 2. The first kappa shape index (κ1) is 38.5. The SMILES string of the molecule is CN1CCCN(c2ccc(-c3cc4c(C(N)=O)cccc4[nH]3)cc2)CC1.NC(=O)c1cccc2[nH]c(-c3ccc(N4CCCN(Cc5ccccc5)CC4)cc3)cc12. The molecule has 5 aromatic carbocycles. The first-order chi connectivity index (χ1) is 28.3. The van der Waals surface area contributed by atoms with Crippen LogP contribution in [-0.2, 0) is 6.54 Å². The number of nitrogens with zero attached hydrogens (tertiary/aromatic N) is 4. The molecule has 58 heavy (non-hydrogen) atoms. The first-order valence-corrected chi connectivity index (χ1v) is 20.3. The van der Waals surface area contributed by atoms with E-state index in [2.05, 4.69) is 115 Å². The van der Waals surface area contributed by atoms with Gasteiger partial charge in [0.15, 0.2) is 0 Å². The van der Waals surface area contributed by atoms with Gasteiger partial charge in [-0.2, -0.15) is 0 Å². The van der Waals surface area contributed by atoms with Gasteiger partial charge in [-0.3, -0.25) is 14.5 Å². The zero-order valence-electron chi connectivity index (χ0n) is 33.2. The van der Waals surface area contributed by atoms with Gasteiger partial charge in [-0.1, -0.05) is 66.7 Å². The average Bonchev–Trinajstić information content (AvgIpc) is 3.74. The summed E-state index contributed by atoms with van der Waals surface area (Å²) in [4.78, 5) is 40.0. The molecule has 0 saturated carbocycles. The number of carbonyl (C=O) groups excluding carboxylic acids is 2. The van der Waals surface area contributed by atoms with Gasteiger partial charge in [-0.15, -0.1) is 0 Å². The Balaban J connectivity index is 0.000000165. The summed E-state index contributed by atoms with van der Waals surface area (Å²) in [5.41, 5.74) is 22.1. The number of carbonyl (C=O) groups is 2. The van der Waals surface area contributed by atoms with Crippen molar-refractivity contribution in [2.45, 2.75) is 19.4 Å². The third-order valence-electron chi connectivity index (χ3n) is 11.5. The topological polar surface area (TPSA) is 131 Å². The molecule has 2 fully saturated rings.